The van der Waals surface area contributed by atoms with Crippen LogP contribution in [0.4, 0.5) is 16.0 Å². The van der Waals surface area contributed by atoms with E-state index in [9.17, 15) is 4.39 Å². The molecule has 170 valence electrons. The largest absolute Gasteiger partial charge is 0.350 e. The van der Waals surface area contributed by atoms with Crippen LogP contribution in [0.2, 0.25) is 15.1 Å². The second-order valence-corrected chi connectivity index (χ2v) is 9.55. The molecule has 3 heterocycles. The first-order chi connectivity index (χ1) is 16.0. The highest BCUT2D eigenvalue weighted by Crippen LogP contribution is 2.43. The molecule has 5 rings (SSSR count). The summed E-state index contributed by atoms with van der Waals surface area (Å²) in [5.74, 6) is 0.510. The van der Waals surface area contributed by atoms with E-state index >= 15 is 0 Å². The van der Waals surface area contributed by atoms with Crippen molar-refractivity contribution >= 4 is 52.2 Å². The molecule has 1 aromatic heterocycles. The van der Waals surface area contributed by atoms with Crippen LogP contribution in [-0.4, -0.2) is 28.8 Å². The fraction of sp³-hybridized carbons (Fsp3) is 0.292. The molecular formula is C24H21Cl3FN5. The molecule has 5 nitrogen and oxygen atoms in total. The number of nitrogens with zero attached hydrogens (tertiary/aromatic N) is 3. The van der Waals surface area contributed by atoms with Crippen LogP contribution < -0.4 is 10.6 Å². The van der Waals surface area contributed by atoms with Crippen LogP contribution in [0.15, 0.2) is 47.6 Å². The van der Waals surface area contributed by atoms with E-state index < -0.39 is 0 Å². The number of anilines is 1. The van der Waals surface area contributed by atoms with E-state index in [4.69, 9.17) is 44.8 Å². The van der Waals surface area contributed by atoms with E-state index in [2.05, 4.69) is 15.6 Å². The molecule has 2 aromatic carbocycles. The minimum atomic E-state index is -0.335. The van der Waals surface area contributed by atoms with E-state index in [0.29, 0.717) is 38.2 Å². The highest BCUT2D eigenvalue weighted by Gasteiger charge is 2.35. The van der Waals surface area contributed by atoms with Crippen LogP contribution >= 0.6 is 34.8 Å². The van der Waals surface area contributed by atoms with Crippen LogP contribution in [0, 0.1) is 11.7 Å². The average molecular weight is 505 g/mol. The molecule has 2 aliphatic rings. The van der Waals surface area contributed by atoms with Crippen molar-refractivity contribution in [1.82, 2.24) is 15.3 Å². The molecule has 0 radical (unpaired) electrons. The Morgan fingerprint density at radius 3 is 2.70 bits per heavy atom. The predicted octanol–water partition coefficient (Wildman–Crippen LogP) is 6.41. The minimum absolute atomic E-state index is 0.0613. The summed E-state index contributed by atoms with van der Waals surface area (Å²) in [6, 6.07) is 9.92. The molecule has 2 atom stereocenters. The Hall–Kier alpha value is -2.25. The van der Waals surface area contributed by atoms with Gasteiger partial charge in [0.15, 0.2) is 0 Å². The summed E-state index contributed by atoms with van der Waals surface area (Å²) in [7, 11) is 0. The lowest BCUT2D eigenvalue weighted by molar-refractivity contribution is 0.514. The van der Waals surface area contributed by atoms with Crippen molar-refractivity contribution in [3.63, 3.8) is 0 Å². The van der Waals surface area contributed by atoms with Crippen molar-refractivity contribution in [3.8, 4) is 0 Å². The van der Waals surface area contributed by atoms with E-state index in [1.807, 2.05) is 18.2 Å². The number of rotatable bonds is 6. The fourth-order valence-electron chi connectivity index (χ4n) is 4.45. The van der Waals surface area contributed by atoms with Crippen LogP contribution in [-0.2, 0) is 6.54 Å². The van der Waals surface area contributed by atoms with Gasteiger partial charge in [0, 0.05) is 28.6 Å². The Bertz CT molecular complexity index is 1210. The Balaban J connectivity index is 1.46. The molecule has 2 aliphatic heterocycles. The molecule has 2 N–H and O–H groups in total. The van der Waals surface area contributed by atoms with Gasteiger partial charge in [-0.15, -0.1) is 0 Å². The van der Waals surface area contributed by atoms with Crippen LogP contribution in [0.5, 0.6) is 0 Å². The average Bonchev–Trinajstić information content (AvgIpc) is 3.43. The number of benzene rings is 2. The van der Waals surface area contributed by atoms with Crippen molar-refractivity contribution in [2.45, 2.75) is 25.3 Å². The maximum Gasteiger partial charge on any atom is 0.223 e. The van der Waals surface area contributed by atoms with Gasteiger partial charge in [-0.3, -0.25) is 0 Å². The lowest BCUT2D eigenvalue weighted by Gasteiger charge is -2.19. The highest BCUT2D eigenvalue weighted by atomic mass is 35.5. The molecule has 0 bridgehead atoms. The first-order valence-electron chi connectivity index (χ1n) is 10.8. The minimum Gasteiger partial charge on any atom is -0.350 e. The summed E-state index contributed by atoms with van der Waals surface area (Å²) in [4.78, 5) is 14.0. The van der Waals surface area contributed by atoms with Gasteiger partial charge in [0.1, 0.15) is 11.5 Å². The van der Waals surface area contributed by atoms with Crippen molar-refractivity contribution in [2.75, 3.05) is 18.4 Å². The van der Waals surface area contributed by atoms with Gasteiger partial charge in [-0.05, 0) is 62.2 Å². The molecule has 33 heavy (non-hydrogen) atoms. The number of halogens is 4. The lowest BCUT2D eigenvalue weighted by atomic mass is 9.86. The lowest BCUT2D eigenvalue weighted by Crippen LogP contribution is -2.18. The van der Waals surface area contributed by atoms with Gasteiger partial charge in [0.2, 0.25) is 5.95 Å². The molecule has 1 saturated heterocycles. The molecule has 0 saturated carbocycles. The first kappa shape index (κ1) is 22.5. The standard InChI is InChI=1S/C24H21Cl3FN5/c25-15-4-5-19(28)14(9-15)11-30-24-31-12-20-22(33-24)16(8-13-6-7-29-10-13)23(32-20)21-17(26)2-1-3-18(21)27/h1-5,9,12-13,16,29H,6-8,10-11H2,(H,30,31,33)/t13-,16?/m1/s1. The van der Waals surface area contributed by atoms with Crippen LogP contribution in [0.1, 0.15) is 35.6 Å². The third kappa shape index (κ3) is 4.71. The third-order valence-electron chi connectivity index (χ3n) is 6.09. The van der Waals surface area contributed by atoms with Gasteiger partial charge in [0.25, 0.3) is 0 Å². The molecule has 9 heteroatoms. The molecule has 0 aliphatic carbocycles. The summed E-state index contributed by atoms with van der Waals surface area (Å²) < 4.78 is 14.1. The second-order valence-electron chi connectivity index (χ2n) is 8.29. The number of aromatic nitrogens is 2. The smallest absolute Gasteiger partial charge is 0.223 e. The van der Waals surface area contributed by atoms with Gasteiger partial charge in [-0.2, -0.15) is 0 Å². The zero-order chi connectivity index (χ0) is 22.9. The van der Waals surface area contributed by atoms with Crippen LogP contribution in [0.25, 0.3) is 0 Å². The molecular weight excluding hydrogens is 484 g/mol. The molecule has 3 aromatic rings. The van der Waals surface area contributed by atoms with Crippen molar-refractivity contribution in [1.29, 1.82) is 0 Å². The summed E-state index contributed by atoms with van der Waals surface area (Å²) in [5.41, 5.74) is 3.54. The predicted molar refractivity (Wildman–Crippen MR) is 132 cm³/mol. The quantitative estimate of drug-likeness (QED) is 0.407. The van der Waals surface area contributed by atoms with Crippen molar-refractivity contribution in [2.24, 2.45) is 10.9 Å². The Labute approximate surface area is 206 Å². The Morgan fingerprint density at radius 2 is 1.94 bits per heavy atom. The monoisotopic (exact) mass is 503 g/mol. The SMILES string of the molecule is Fc1ccc(Cl)cc1CNc1ncc2c(n1)C(C[C@H]1CCNC1)C(c1c(Cl)cccc1Cl)=N2. The topological polar surface area (TPSA) is 62.2 Å². The van der Waals surface area contributed by atoms with E-state index in [0.717, 1.165) is 42.9 Å². The Morgan fingerprint density at radius 1 is 1.12 bits per heavy atom. The first-order valence-corrected chi connectivity index (χ1v) is 11.9. The van der Waals surface area contributed by atoms with Gasteiger partial charge >= 0.3 is 0 Å². The third-order valence-corrected chi connectivity index (χ3v) is 6.96. The number of nitrogens with one attached hydrogen (secondary N) is 2. The van der Waals surface area contributed by atoms with Crippen LogP contribution in [0.3, 0.4) is 0 Å². The number of fused-ring (bicyclic) bond motifs is 1. The molecule has 1 unspecified atom stereocenters. The number of aliphatic imine (C=N–C) groups is 1. The maximum atomic E-state index is 14.1. The van der Waals surface area contributed by atoms with Gasteiger partial charge in [-0.1, -0.05) is 40.9 Å². The molecule has 0 amide bonds. The summed E-state index contributed by atoms with van der Waals surface area (Å²) in [6.45, 7) is 2.18. The van der Waals surface area contributed by atoms with E-state index in [-0.39, 0.29) is 18.3 Å². The van der Waals surface area contributed by atoms with Gasteiger partial charge < -0.3 is 10.6 Å². The van der Waals surface area contributed by atoms with Gasteiger partial charge in [0.05, 0.1) is 27.6 Å². The number of hydrogen-bond acceptors (Lipinski definition) is 5. The van der Waals surface area contributed by atoms with E-state index in [1.165, 1.54) is 12.1 Å². The zero-order valence-electron chi connectivity index (χ0n) is 17.6. The second kappa shape index (κ2) is 9.55. The number of hydrogen-bond donors (Lipinski definition) is 2. The maximum absolute atomic E-state index is 14.1. The fourth-order valence-corrected chi connectivity index (χ4v) is 5.24. The van der Waals surface area contributed by atoms with Crippen molar-refractivity contribution in [3.05, 3.63) is 80.3 Å². The highest BCUT2D eigenvalue weighted by molar-refractivity contribution is 6.41. The summed E-state index contributed by atoms with van der Waals surface area (Å²) in [6.07, 6.45) is 3.66. The molecule has 0 spiro atoms. The van der Waals surface area contributed by atoms with E-state index in [1.54, 1.807) is 12.3 Å². The van der Waals surface area contributed by atoms with Gasteiger partial charge in [-0.25, -0.2) is 19.4 Å². The van der Waals surface area contributed by atoms with Crippen molar-refractivity contribution < 1.29 is 4.39 Å². The molecule has 1 fully saturated rings. The summed E-state index contributed by atoms with van der Waals surface area (Å²) in [5, 5.41) is 8.14. The zero-order valence-corrected chi connectivity index (χ0v) is 19.9. The normalized spacial score (nSPS) is 19.5. The Kier molecular flexibility index (Phi) is 6.52. The summed E-state index contributed by atoms with van der Waals surface area (Å²) >= 11 is 19.1.